The van der Waals surface area contributed by atoms with E-state index in [0.29, 0.717) is 26.2 Å². The van der Waals surface area contributed by atoms with E-state index < -0.39 is 0 Å². The van der Waals surface area contributed by atoms with E-state index in [4.69, 9.17) is 9.47 Å². The third kappa shape index (κ3) is 2.79. The number of amides is 1. The van der Waals surface area contributed by atoms with Crippen LogP contribution in [-0.4, -0.2) is 37.9 Å². The number of nitrogens with one attached hydrogen (secondary N) is 1. The quantitative estimate of drug-likeness (QED) is 0.607. The molecule has 12 heavy (non-hydrogen) atoms. The minimum atomic E-state index is -0.229. The first-order valence-corrected chi connectivity index (χ1v) is 4.07. The fourth-order valence-electron chi connectivity index (χ4n) is 1.24. The summed E-state index contributed by atoms with van der Waals surface area (Å²) in [6.07, 6.45) is 0.657. The van der Waals surface area contributed by atoms with Crippen LogP contribution in [0.4, 0.5) is 0 Å². The summed E-state index contributed by atoms with van der Waals surface area (Å²) in [6.45, 7) is 5.64. The largest absolute Gasteiger partial charge is 0.376 e. The van der Waals surface area contributed by atoms with E-state index in [-0.39, 0.29) is 11.7 Å². The van der Waals surface area contributed by atoms with Crippen molar-refractivity contribution in [1.29, 1.82) is 0 Å². The number of ether oxygens (including phenoxy) is 2. The first-order valence-electron chi connectivity index (χ1n) is 4.07. The van der Waals surface area contributed by atoms with E-state index in [9.17, 15) is 4.79 Å². The first-order chi connectivity index (χ1) is 5.64. The maximum Gasteiger partial charge on any atom is 0.207 e. The Balaban J connectivity index is 2.31. The van der Waals surface area contributed by atoms with E-state index in [1.807, 2.05) is 13.8 Å². The normalized spacial score (nSPS) is 28.0. The molecular weight excluding hydrogens is 158 g/mol. The van der Waals surface area contributed by atoms with Crippen LogP contribution in [0.25, 0.3) is 0 Å². The predicted octanol–water partition coefficient (Wildman–Crippen LogP) is -0.0736. The molecule has 1 N–H and O–H groups in total. The van der Waals surface area contributed by atoms with Crippen LogP contribution in [0.3, 0.4) is 0 Å². The monoisotopic (exact) mass is 173 g/mol. The molecule has 1 amide bonds. The van der Waals surface area contributed by atoms with Gasteiger partial charge in [-0.3, -0.25) is 4.79 Å². The van der Waals surface area contributed by atoms with Crippen LogP contribution in [0.2, 0.25) is 0 Å². The van der Waals surface area contributed by atoms with Crippen LogP contribution in [0.1, 0.15) is 13.8 Å². The van der Waals surface area contributed by atoms with Gasteiger partial charge in [-0.1, -0.05) is 0 Å². The lowest BCUT2D eigenvalue weighted by atomic mass is 10.1. The van der Waals surface area contributed by atoms with Crippen LogP contribution in [0.15, 0.2) is 0 Å². The standard InChI is InChI=1S/C8H15NO3/c1-8(2)5-11-4-7(12-8)3-9-6-10/h6-7H,3-5H2,1-2H3,(H,9,10). The van der Waals surface area contributed by atoms with Crippen LogP contribution >= 0.6 is 0 Å². The van der Waals surface area contributed by atoms with Crippen molar-refractivity contribution in [3.63, 3.8) is 0 Å². The lowest BCUT2D eigenvalue weighted by molar-refractivity contribution is -0.180. The van der Waals surface area contributed by atoms with E-state index in [1.54, 1.807) is 0 Å². The lowest BCUT2D eigenvalue weighted by Crippen LogP contribution is -2.46. The topological polar surface area (TPSA) is 47.6 Å². The van der Waals surface area contributed by atoms with E-state index >= 15 is 0 Å². The van der Waals surface area contributed by atoms with Crippen LogP contribution in [-0.2, 0) is 14.3 Å². The Labute approximate surface area is 72.2 Å². The lowest BCUT2D eigenvalue weighted by Gasteiger charge is -2.35. The van der Waals surface area contributed by atoms with Gasteiger partial charge in [-0.15, -0.1) is 0 Å². The molecule has 0 aliphatic carbocycles. The Hall–Kier alpha value is -0.610. The maximum absolute atomic E-state index is 10.0. The molecule has 1 saturated heterocycles. The fraction of sp³-hybridized carbons (Fsp3) is 0.875. The van der Waals surface area contributed by atoms with Crippen molar-refractivity contribution in [2.24, 2.45) is 0 Å². The second-order valence-electron chi connectivity index (χ2n) is 3.54. The molecule has 1 aliphatic heterocycles. The average molecular weight is 173 g/mol. The van der Waals surface area contributed by atoms with Gasteiger partial charge >= 0.3 is 0 Å². The van der Waals surface area contributed by atoms with Crippen molar-refractivity contribution in [2.45, 2.75) is 25.6 Å². The van der Waals surface area contributed by atoms with Gasteiger partial charge in [-0.2, -0.15) is 0 Å². The van der Waals surface area contributed by atoms with Gasteiger partial charge in [0.2, 0.25) is 6.41 Å². The van der Waals surface area contributed by atoms with Crippen molar-refractivity contribution in [3.05, 3.63) is 0 Å². The Morgan fingerprint density at radius 3 is 3.00 bits per heavy atom. The second-order valence-corrected chi connectivity index (χ2v) is 3.54. The highest BCUT2D eigenvalue weighted by molar-refractivity contribution is 5.45. The zero-order chi connectivity index (χ0) is 9.03. The van der Waals surface area contributed by atoms with Gasteiger partial charge in [-0.05, 0) is 13.8 Å². The van der Waals surface area contributed by atoms with Crippen LogP contribution in [0.5, 0.6) is 0 Å². The molecule has 1 heterocycles. The van der Waals surface area contributed by atoms with Gasteiger partial charge in [0.05, 0.1) is 24.9 Å². The summed E-state index contributed by atoms with van der Waals surface area (Å²) in [6, 6.07) is 0. The van der Waals surface area contributed by atoms with Gasteiger partial charge in [0.25, 0.3) is 0 Å². The number of carbonyl (C=O) groups is 1. The second kappa shape index (κ2) is 3.87. The summed E-state index contributed by atoms with van der Waals surface area (Å²) in [7, 11) is 0. The van der Waals surface area contributed by atoms with E-state index in [0.717, 1.165) is 0 Å². The highest BCUT2D eigenvalue weighted by atomic mass is 16.6. The van der Waals surface area contributed by atoms with Gasteiger partial charge in [0.15, 0.2) is 0 Å². The van der Waals surface area contributed by atoms with Crippen LogP contribution < -0.4 is 5.32 Å². The number of rotatable bonds is 3. The molecule has 0 radical (unpaired) electrons. The van der Waals surface area contributed by atoms with Crippen molar-refractivity contribution in [1.82, 2.24) is 5.32 Å². The van der Waals surface area contributed by atoms with E-state index in [2.05, 4.69) is 5.32 Å². The minimum absolute atomic E-state index is 0.0149. The molecule has 0 aromatic rings. The van der Waals surface area contributed by atoms with Crippen LogP contribution in [0, 0.1) is 0 Å². The number of carbonyl (C=O) groups excluding carboxylic acids is 1. The highest BCUT2D eigenvalue weighted by Crippen LogP contribution is 2.17. The Morgan fingerprint density at radius 2 is 2.42 bits per heavy atom. The molecule has 1 unspecified atom stereocenters. The molecule has 0 spiro atoms. The zero-order valence-electron chi connectivity index (χ0n) is 7.50. The number of hydrogen-bond acceptors (Lipinski definition) is 3. The molecule has 1 fully saturated rings. The summed E-state index contributed by atoms with van der Waals surface area (Å²) in [5, 5.41) is 2.57. The number of hydrogen-bond donors (Lipinski definition) is 1. The predicted molar refractivity (Wildman–Crippen MR) is 43.8 cm³/mol. The first kappa shape index (κ1) is 9.48. The summed E-state index contributed by atoms with van der Waals surface area (Å²) in [4.78, 5) is 10.0. The summed E-state index contributed by atoms with van der Waals surface area (Å²) in [5.74, 6) is 0. The zero-order valence-corrected chi connectivity index (χ0v) is 7.50. The van der Waals surface area contributed by atoms with Crippen molar-refractivity contribution >= 4 is 6.41 Å². The molecule has 4 heteroatoms. The fourth-order valence-corrected chi connectivity index (χ4v) is 1.24. The molecular formula is C8H15NO3. The molecule has 0 aromatic heterocycles. The summed E-state index contributed by atoms with van der Waals surface area (Å²) >= 11 is 0. The molecule has 70 valence electrons. The molecule has 4 nitrogen and oxygen atoms in total. The molecule has 1 atom stereocenters. The summed E-state index contributed by atoms with van der Waals surface area (Å²) < 4.78 is 10.9. The van der Waals surface area contributed by atoms with Gasteiger partial charge in [0, 0.05) is 6.54 Å². The maximum atomic E-state index is 10.0. The van der Waals surface area contributed by atoms with Crippen molar-refractivity contribution < 1.29 is 14.3 Å². The molecule has 1 rings (SSSR count). The molecule has 0 saturated carbocycles. The molecule has 0 aromatic carbocycles. The average Bonchev–Trinajstić information content (AvgIpc) is 1.99. The summed E-state index contributed by atoms with van der Waals surface area (Å²) in [5.41, 5.74) is -0.229. The Kier molecular flexibility index (Phi) is 3.05. The van der Waals surface area contributed by atoms with Gasteiger partial charge in [-0.25, -0.2) is 0 Å². The smallest absolute Gasteiger partial charge is 0.207 e. The minimum Gasteiger partial charge on any atom is -0.376 e. The highest BCUT2D eigenvalue weighted by Gasteiger charge is 2.28. The molecule has 1 aliphatic rings. The van der Waals surface area contributed by atoms with Gasteiger partial charge < -0.3 is 14.8 Å². The van der Waals surface area contributed by atoms with Gasteiger partial charge in [0.1, 0.15) is 0 Å². The van der Waals surface area contributed by atoms with Crippen molar-refractivity contribution in [2.75, 3.05) is 19.8 Å². The Bertz CT molecular complexity index is 158. The third-order valence-electron chi connectivity index (χ3n) is 1.67. The Morgan fingerprint density at radius 1 is 1.67 bits per heavy atom. The van der Waals surface area contributed by atoms with E-state index in [1.165, 1.54) is 0 Å². The third-order valence-corrected chi connectivity index (χ3v) is 1.67. The molecule has 0 bridgehead atoms. The van der Waals surface area contributed by atoms with Crippen molar-refractivity contribution in [3.8, 4) is 0 Å². The SMILES string of the molecule is CC1(C)COCC(CNC=O)O1.